The van der Waals surface area contributed by atoms with E-state index in [4.69, 9.17) is 11.0 Å². The lowest BCUT2D eigenvalue weighted by atomic mass is 10.3. The van der Waals surface area contributed by atoms with Crippen molar-refractivity contribution in [1.82, 2.24) is 9.88 Å². The molecule has 0 unspecified atom stereocenters. The average Bonchev–Trinajstić information content (AvgIpc) is 2.36. The summed E-state index contributed by atoms with van der Waals surface area (Å²) in [6.45, 7) is 2.78. The number of anilines is 2. The number of aromatic nitrogens is 1. The summed E-state index contributed by atoms with van der Waals surface area (Å²) in [6, 6.07) is 5.27. The summed E-state index contributed by atoms with van der Waals surface area (Å²) in [7, 11) is 3.40. The Morgan fingerprint density at radius 1 is 1.50 bits per heavy atom. The van der Waals surface area contributed by atoms with Crippen LogP contribution in [0.5, 0.6) is 0 Å². The Balaban J connectivity index is 2.96. The van der Waals surface area contributed by atoms with E-state index in [9.17, 15) is 4.79 Å². The Labute approximate surface area is 107 Å². The Hall–Kier alpha value is -2.29. The number of hydrogen-bond donors (Lipinski definition) is 1. The van der Waals surface area contributed by atoms with Crippen LogP contribution < -0.4 is 10.6 Å². The molecule has 1 amide bonds. The maximum absolute atomic E-state index is 11.7. The van der Waals surface area contributed by atoms with Crippen molar-refractivity contribution in [3.63, 3.8) is 0 Å². The van der Waals surface area contributed by atoms with Crippen LogP contribution in [-0.2, 0) is 4.79 Å². The number of carbonyl (C=O) groups excluding carboxylic acids is 1. The molecule has 6 heteroatoms. The number of amides is 1. The van der Waals surface area contributed by atoms with Crippen molar-refractivity contribution in [1.29, 1.82) is 5.26 Å². The standard InChI is InChI=1S/C12H17N5O/c1-4-17(8-12(18)16(2)3)11-6-5-9(14)10(7-13)15-11/h5-6H,4,8,14H2,1-3H3. The largest absolute Gasteiger partial charge is 0.396 e. The van der Waals surface area contributed by atoms with E-state index in [2.05, 4.69) is 4.98 Å². The average molecular weight is 247 g/mol. The summed E-state index contributed by atoms with van der Waals surface area (Å²) in [4.78, 5) is 19.1. The summed E-state index contributed by atoms with van der Waals surface area (Å²) >= 11 is 0. The summed E-state index contributed by atoms with van der Waals surface area (Å²) < 4.78 is 0. The molecular weight excluding hydrogens is 230 g/mol. The molecular formula is C12H17N5O. The van der Waals surface area contributed by atoms with Gasteiger partial charge in [0, 0.05) is 20.6 Å². The van der Waals surface area contributed by atoms with Gasteiger partial charge in [-0.15, -0.1) is 0 Å². The van der Waals surface area contributed by atoms with Gasteiger partial charge in [-0.05, 0) is 19.1 Å². The van der Waals surface area contributed by atoms with E-state index in [1.807, 2.05) is 13.0 Å². The summed E-state index contributed by atoms with van der Waals surface area (Å²) in [5, 5.41) is 8.88. The van der Waals surface area contributed by atoms with Crippen molar-refractivity contribution in [2.75, 3.05) is 37.8 Å². The van der Waals surface area contributed by atoms with Crippen molar-refractivity contribution >= 4 is 17.4 Å². The first-order valence-electron chi connectivity index (χ1n) is 5.61. The first-order valence-corrected chi connectivity index (χ1v) is 5.61. The summed E-state index contributed by atoms with van der Waals surface area (Å²) in [5.74, 6) is 0.562. The van der Waals surface area contributed by atoms with E-state index in [0.29, 0.717) is 18.1 Å². The maximum atomic E-state index is 11.7. The molecule has 18 heavy (non-hydrogen) atoms. The highest BCUT2D eigenvalue weighted by Crippen LogP contribution is 2.16. The molecule has 6 nitrogen and oxygen atoms in total. The van der Waals surface area contributed by atoms with E-state index < -0.39 is 0 Å². The molecule has 0 aliphatic carbocycles. The van der Waals surface area contributed by atoms with Crippen LogP contribution in [0.1, 0.15) is 12.6 Å². The first kappa shape index (κ1) is 13.8. The van der Waals surface area contributed by atoms with Crippen molar-refractivity contribution in [2.45, 2.75) is 6.92 Å². The Bertz CT molecular complexity index is 478. The molecule has 0 bridgehead atoms. The number of carbonyl (C=O) groups is 1. The third kappa shape index (κ3) is 3.10. The van der Waals surface area contributed by atoms with Crippen LogP contribution in [-0.4, -0.2) is 43.0 Å². The zero-order valence-corrected chi connectivity index (χ0v) is 10.8. The molecule has 0 aliphatic rings. The number of nitrogen functional groups attached to an aromatic ring is 1. The quantitative estimate of drug-likeness (QED) is 0.834. The minimum absolute atomic E-state index is 0.0195. The molecule has 0 atom stereocenters. The third-order valence-electron chi connectivity index (χ3n) is 2.55. The van der Waals surface area contributed by atoms with Gasteiger partial charge in [0.25, 0.3) is 0 Å². The Morgan fingerprint density at radius 3 is 2.67 bits per heavy atom. The molecule has 0 fully saturated rings. The highest BCUT2D eigenvalue weighted by atomic mass is 16.2. The molecule has 0 saturated carbocycles. The molecule has 0 radical (unpaired) electrons. The predicted molar refractivity (Wildman–Crippen MR) is 69.9 cm³/mol. The van der Waals surface area contributed by atoms with E-state index in [0.717, 1.165) is 0 Å². The number of nitriles is 1. The zero-order valence-electron chi connectivity index (χ0n) is 10.8. The van der Waals surface area contributed by atoms with Crippen LogP contribution in [0.2, 0.25) is 0 Å². The minimum atomic E-state index is -0.0195. The van der Waals surface area contributed by atoms with Gasteiger partial charge in [0.2, 0.25) is 5.91 Å². The number of rotatable bonds is 4. The van der Waals surface area contributed by atoms with E-state index in [1.54, 1.807) is 31.1 Å². The lowest BCUT2D eigenvalue weighted by Gasteiger charge is -2.23. The lowest BCUT2D eigenvalue weighted by molar-refractivity contribution is -0.127. The summed E-state index contributed by atoms with van der Waals surface area (Å²) in [6.07, 6.45) is 0. The zero-order chi connectivity index (χ0) is 13.7. The second kappa shape index (κ2) is 5.87. The number of nitrogens with zero attached hydrogens (tertiary/aromatic N) is 4. The van der Waals surface area contributed by atoms with Crippen LogP contribution in [0.25, 0.3) is 0 Å². The highest BCUT2D eigenvalue weighted by molar-refractivity contribution is 5.80. The van der Waals surface area contributed by atoms with Gasteiger partial charge in [-0.2, -0.15) is 5.26 Å². The SMILES string of the molecule is CCN(CC(=O)N(C)C)c1ccc(N)c(C#N)n1. The minimum Gasteiger partial charge on any atom is -0.396 e. The monoisotopic (exact) mass is 247 g/mol. The second-order valence-corrected chi connectivity index (χ2v) is 4.02. The topological polar surface area (TPSA) is 86.3 Å². The van der Waals surface area contributed by atoms with Gasteiger partial charge in [-0.1, -0.05) is 0 Å². The van der Waals surface area contributed by atoms with Crippen molar-refractivity contribution in [3.05, 3.63) is 17.8 Å². The van der Waals surface area contributed by atoms with Gasteiger partial charge in [0.1, 0.15) is 11.9 Å². The normalized spacial score (nSPS) is 9.67. The fourth-order valence-corrected chi connectivity index (χ4v) is 1.38. The van der Waals surface area contributed by atoms with E-state index in [-0.39, 0.29) is 18.1 Å². The molecule has 0 aromatic carbocycles. The molecule has 1 heterocycles. The highest BCUT2D eigenvalue weighted by Gasteiger charge is 2.13. The molecule has 2 N–H and O–H groups in total. The van der Waals surface area contributed by atoms with Gasteiger partial charge in [-0.3, -0.25) is 4.79 Å². The molecule has 1 rings (SSSR count). The number of nitrogens with two attached hydrogens (primary N) is 1. The molecule has 0 aliphatic heterocycles. The number of pyridine rings is 1. The van der Waals surface area contributed by atoms with Crippen LogP contribution in [0.15, 0.2) is 12.1 Å². The molecule has 1 aromatic rings. The first-order chi connectivity index (χ1) is 8.49. The van der Waals surface area contributed by atoms with Gasteiger partial charge in [-0.25, -0.2) is 4.98 Å². The number of likely N-dealkylation sites (N-methyl/N-ethyl adjacent to an activating group) is 2. The van der Waals surface area contributed by atoms with Crippen molar-refractivity contribution in [2.24, 2.45) is 0 Å². The van der Waals surface area contributed by atoms with Crippen LogP contribution >= 0.6 is 0 Å². The fourth-order valence-electron chi connectivity index (χ4n) is 1.38. The lowest BCUT2D eigenvalue weighted by Crippen LogP contribution is -2.37. The van der Waals surface area contributed by atoms with Crippen molar-refractivity contribution in [3.8, 4) is 6.07 Å². The summed E-state index contributed by atoms with van der Waals surface area (Å²) in [5.41, 5.74) is 6.14. The Morgan fingerprint density at radius 2 is 2.17 bits per heavy atom. The fraction of sp³-hybridized carbons (Fsp3) is 0.417. The van der Waals surface area contributed by atoms with Gasteiger partial charge in [0.05, 0.1) is 12.2 Å². The van der Waals surface area contributed by atoms with Gasteiger partial charge in [0.15, 0.2) is 5.69 Å². The van der Waals surface area contributed by atoms with Crippen molar-refractivity contribution < 1.29 is 4.79 Å². The molecule has 0 spiro atoms. The van der Waals surface area contributed by atoms with Crippen LogP contribution in [0.4, 0.5) is 11.5 Å². The molecule has 0 saturated heterocycles. The van der Waals surface area contributed by atoms with Gasteiger partial charge >= 0.3 is 0 Å². The van der Waals surface area contributed by atoms with Crippen LogP contribution in [0, 0.1) is 11.3 Å². The Kier molecular flexibility index (Phi) is 4.49. The molecule has 96 valence electrons. The second-order valence-electron chi connectivity index (χ2n) is 4.02. The smallest absolute Gasteiger partial charge is 0.241 e. The molecule has 1 aromatic heterocycles. The van der Waals surface area contributed by atoms with E-state index >= 15 is 0 Å². The number of hydrogen-bond acceptors (Lipinski definition) is 5. The van der Waals surface area contributed by atoms with E-state index in [1.165, 1.54) is 4.90 Å². The maximum Gasteiger partial charge on any atom is 0.241 e. The van der Waals surface area contributed by atoms with Crippen LogP contribution in [0.3, 0.4) is 0 Å². The van der Waals surface area contributed by atoms with Gasteiger partial charge < -0.3 is 15.5 Å². The predicted octanol–water partition coefficient (Wildman–Crippen LogP) is 0.450. The third-order valence-corrected chi connectivity index (χ3v) is 2.55.